The Labute approximate surface area is 208 Å². The molecule has 1 aliphatic heterocycles. The predicted octanol–water partition coefficient (Wildman–Crippen LogP) is 3.95. The molecule has 5 aromatic rings. The third kappa shape index (κ3) is 4.35. The molecule has 0 amide bonds. The van der Waals surface area contributed by atoms with Crippen LogP contribution in [0.2, 0.25) is 0 Å². The number of pyridine rings is 1. The van der Waals surface area contributed by atoms with Gasteiger partial charge in [-0.25, -0.2) is 19.9 Å². The van der Waals surface area contributed by atoms with Gasteiger partial charge in [0.05, 0.1) is 29.6 Å². The minimum Gasteiger partial charge on any atom is -0.476 e. The summed E-state index contributed by atoms with van der Waals surface area (Å²) in [7, 11) is 1.93. The molecular formula is C26H29N9O. The van der Waals surface area contributed by atoms with Crippen LogP contribution in [-0.4, -0.2) is 65.8 Å². The van der Waals surface area contributed by atoms with Crippen molar-refractivity contribution in [3.05, 3.63) is 55.0 Å². The van der Waals surface area contributed by atoms with Crippen LogP contribution < -0.4 is 10.1 Å². The SMILES string of the molecule is C[C@H](Nc1ncnc2[nH]cnc12)c1cc2cccc(-c3cnn(C)c3)c2c(OCCN2CCCC2)n1. The Morgan fingerprint density at radius 1 is 1.17 bits per heavy atom. The van der Waals surface area contributed by atoms with Crippen LogP contribution in [0.3, 0.4) is 0 Å². The number of aryl methyl sites for hydroxylation is 1. The Morgan fingerprint density at radius 2 is 2.06 bits per heavy atom. The lowest BCUT2D eigenvalue weighted by Gasteiger charge is -2.19. The minimum absolute atomic E-state index is 0.132. The lowest BCUT2D eigenvalue weighted by molar-refractivity contribution is 0.233. The smallest absolute Gasteiger partial charge is 0.222 e. The molecular weight excluding hydrogens is 454 g/mol. The van der Waals surface area contributed by atoms with Gasteiger partial charge in [0.1, 0.15) is 18.5 Å². The fourth-order valence-corrected chi connectivity index (χ4v) is 4.85. The highest BCUT2D eigenvalue weighted by molar-refractivity contribution is 6.00. The number of rotatable bonds is 8. The van der Waals surface area contributed by atoms with Crippen molar-refractivity contribution in [3.63, 3.8) is 0 Å². The van der Waals surface area contributed by atoms with Crippen molar-refractivity contribution in [1.29, 1.82) is 0 Å². The minimum atomic E-state index is -0.132. The normalized spacial score (nSPS) is 15.1. The van der Waals surface area contributed by atoms with Gasteiger partial charge < -0.3 is 15.0 Å². The molecule has 1 saturated heterocycles. The molecule has 1 fully saturated rings. The molecule has 10 heteroatoms. The van der Waals surface area contributed by atoms with E-state index in [9.17, 15) is 0 Å². The maximum absolute atomic E-state index is 6.40. The van der Waals surface area contributed by atoms with Gasteiger partial charge in [-0.15, -0.1) is 0 Å². The number of likely N-dealkylation sites (tertiary alicyclic amines) is 1. The molecule has 5 heterocycles. The van der Waals surface area contributed by atoms with E-state index < -0.39 is 0 Å². The number of ether oxygens (including phenoxy) is 1. The predicted molar refractivity (Wildman–Crippen MR) is 139 cm³/mol. The van der Waals surface area contributed by atoms with Crippen LogP contribution >= 0.6 is 0 Å². The number of nitrogens with zero attached hydrogens (tertiary/aromatic N) is 7. The molecule has 0 spiro atoms. The summed E-state index contributed by atoms with van der Waals surface area (Å²) in [6, 6.07) is 8.26. The Kier molecular flexibility index (Phi) is 5.94. The van der Waals surface area contributed by atoms with E-state index in [0.29, 0.717) is 29.5 Å². The zero-order valence-corrected chi connectivity index (χ0v) is 20.5. The van der Waals surface area contributed by atoms with Gasteiger partial charge in [0, 0.05) is 25.4 Å². The third-order valence-corrected chi connectivity index (χ3v) is 6.72. The molecule has 184 valence electrons. The standard InChI is InChI=1S/C26H29N9O/c1-17(32-25-23-24(28-15-27-23)29-16-30-25)21-12-18-6-5-7-20(19-13-31-34(2)14-19)22(18)26(33-21)36-11-10-35-8-3-4-9-35/h5-7,12-17H,3-4,8-11H2,1-2H3,(H2,27,28,29,30,32)/t17-/m0/s1. The Bertz CT molecular complexity index is 1500. The van der Waals surface area contributed by atoms with E-state index in [-0.39, 0.29) is 6.04 Å². The van der Waals surface area contributed by atoms with Gasteiger partial charge in [-0.3, -0.25) is 9.58 Å². The summed E-state index contributed by atoms with van der Waals surface area (Å²) in [5, 5.41) is 9.90. The topological polar surface area (TPSA) is 110 Å². The van der Waals surface area contributed by atoms with E-state index in [1.165, 1.54) is 19.2 Å². The Hall–Kier alpha value is -4.05. The van der Waals surface area contributed by atoms with E-state index >= 15 is 0 Å². The van der Waals surface area contributed by atoms with E-state index in [0.717, 1.165) is 47.2 Å². The monoisotopic (exact) mass is 483 g/mol. The second-order valence-corrected chi connectivity index (χ2v) is 9.24. The number of imidazole rings is 1. The summed E-state index contributed by atoms with van der Waals surface area (Å²) in [5.41, 5.74) is 4.36. The van der Waals surface area contributed by atoms with E-state index in [1.54, 1.807) is 6.33 Å². The fraction of sp³-hybridized carbons (Fsp3) is 0.346. The van der Waals surface area contributed by atoms with Crippen LogP contribution in [0.4, 0.5) is 5.82 Å². The summed E-state index contributed by atoms with van der Waals surface area (Å²) in [6.45, 7) is 5.83. The number of hydrogen-bond donors (Lipinski definition) is 2. The van der Waals surface area contributed by atoms with E-state index in [1.807, 2.05) is 24.1 Å². The summed E-state index contributed by atoms with van der Waals surface area (Å²) in [5.74, 6) is 1.30. The fourth-order valence-electron chi connectivity index (χ4n) is 4.85. The van der Waals surface area contributed by atoms with Crippen LogP contribution in [0, 0.1) is 0 Å². The first-order chi connectivity index (χ1) is 17.7. The molecule has 0 unspecified atom stereocenters. The first kappa shape index (κ1) is 22.4. The molecule has 0 bridgehead atoms. The number of aromatic nitrogens is 7. The Balaban J connectivity index is 1.37. The number of benzene rings is 1. The van der Waals surface area contributed by atoms with E-state index in [4.69, 9.17) is 9.72 Å². The third-order valence-electron chi connectivity index (χ3n) is 6.72. The summed E-state index contributed by atoms with van der Waals surface area (Å²) in [4.78, 5) is 23.5. The number of nitrogens with one attached hydrogen (secondary N) is 2. The zero-order chi connectivity index (χ0) is 24.5. The maximum atomic E-state index is 6.40. The molecule has 0 aliphatic carbocycles. The highest BCUT2D eigenvalue weighted by atomic mass is 16.5. The number of aromatic amines is 1. The van der Waals surface area contributed by atoms with Crippen molar-refractivity contribution >= 4 is 27.8 Å². The van der Waals surface area contributed by atoms with Crippen LogP contribution in [-0.2, 0) is 7.05 Å². The molecule has 1 aliphatic rings. The molecule has 6 rings (SSSR count). The van der Waals surface area contributed by atoms with Crippen molar-refractivity contribution in [2.24, 2.45) is 7.05 Å². The van der Waals surface area contributed by atoms with Crippen molar-refractivity contribution in [3.8, 4) is 17.0 Å². The molecule has 2 N–H and O–H groups in total. The molecule has 36 heavy (non-hydrogen) atoms. The number of anilines is 1. The van der Waals surface area contributed by atoms with Crippen LogP contribution in [0.1, 0.15) is 31.5 Å². The number of H-pyrrole nitrogens is 1. The van der Waals surface area contributed by atoms with Gasteiger partial charge in [-0.1, -0.05) is 18.2 Å². The van der Waals surface area contributed by atoms with Gasteiger partial charge >= 0.3 is 0 Å². The molecule has 10 nitrogen and oxygen atoms in total. The van der Waals surface area contributed by atoms with Gasteiger partial charge in [-0.2, -0.15) is 5.10 Å². The number of fused-ring (bicyclic) bond motifs is 2. The lowest BCUT2D eigenvalue weighted by atomic mass is 10.00. The quantitative estimate of drug-likeness (QED) is 0.341. The lowest BCUT2D eigenvalue weighted by Crippen LogP contribution is -2.25. The molecule has 0 radical (unpaired) electrons. The van der Waals surface area contributed by atoms with Crippen LogP contribution in [0.25, 0.3) is 33.1 Å². The highest BCUT2D eigenvalue weighted by Crippen LogP contribution is 2.36. The Morgan fingerprint density at radius 3 is 2.89 bits per heavy atom. The van der Waals surface area contributed by atoms with Gasteiger partial charge in [0.15, 0.2) is 11.5 Å². The average molecular weight is 484 g/mol. The molecule has 1 aromatic carbocycles. The first-order valence-electron chi connectivity index (χ1n) is 12.3. The zero-order valence-electron chi connectivity index (χ0n) is 20.5. The van der Waals surface area contributed by atoms with Crippen molar-refractivity contribution < 1.29 is 4.74 Å². The van der Waals surface area contributed by atoms with Gasteiger partial charge in [0.25, 0.3) is 0 Å². The van der Waals surface area contributed by atoms with Crippen LogP contribution in [0.5, 0.6) is 5.88 Å². The van der Waals surface area contributed by atoms with Crippen molar-refractivity contribution in [1.82, 2.24) is 39.6 Å². The summed E-state index contributed by atoms with van der Waals surface area (Å²) < 4.78 is 8.21. The van der Waals surface area contributed by atoms with Gasteiger partial charge in [0.2, 0.25) is 5.88 Å². The van der Waals surface area contributed by atoms with Crippen LogP contribution in [0.15, 0.2) is 49.3 Å². The maximum Gasteiger partial charge on any atom is 0.222 e. The van der Waals surface area contributed by atoms with Crippen molar-refractivity contribution in [2.45, 2.75) is 25.8 Å². The first-order valence-corrected chi connectivity index (χ1v) is 12.3. The summed E-state index contributed by atoms with van der Waals surface area (Å²) >= 11 is 0. The average Bonchev–Trinajstić information content (AvgIpc) is 3.66. The molecule has 4 aromatic heterocycles. The summed E-state index contributed by atoms with van der Waals surface area (Å²) in [6.07, 6.45) is 9.57. The largest absolute Gasteiger partial charge is 0.476 e. The second-order valence-electron chi connectivity index (χ2n) is 9.24. The van der Waals surface area contributed by atoms with E-state index in [2.05, 4.69) is 66.4 Å². The van der Waals surface area contributed by atoms with Gasteiger partial charge in [-0.05, 0) is 49.9 Å². The molecule has 0 saturated carbocycles. The number of hydrogen-bond acceptors (Lipinski definition) is 8. The second kappa shape index (κ2) is 9.54. The molecule has 1 atom stereocenters. The highest BCUT2D eigenvalue weighted by Gasteiger charge is 2.19. The van der Waals surface area contributed by atoms with Crippen molar-refractivity contribution in [2.75, 3.05) is 31.6 Å².